The molecular weight excluding hydrogens is 264 g/mol. The molecule has 5 nitrogen and oxygen atoms in total. The van der Waals surface area contributed by atoms with Crippen LogP contribution in [-0.2, 0) is 0 Å². The van der Waals surface area contributed by atoms with E-state index in [1.54, 1.807) is 0 Å². The van der Waals surface area contributed by atoms with Crippen molar-refractivity contribution in [3.05, 3.63) is 30.1 Å². The van der Waals surface area contributed by atoms with Crippen LogP contribution in [0.15, 0.2) is 24.3 Å². The highest BCUT2D eigenvalue weighted by Gasteiger charge is 2.30. The minimum absolute atomic E-state index is 0.0957. The quantitative estimate of drug-likeness (QED) is 0.890. The third kappa shape index (κ3) is 2.60. The van der Waals surface area contributed by atoms with Crippen LogP contribution in [0.5, 0.6) is 0 Å². The van der Waals surface area contributed by atoms with E-state index in [-0.39, 0.29) is 6.03 Å². The van der Waals surface area contributed by atoms with Gasteiger partial charge in [-0.05, 0) is 37.8 Å². The van der Waals surface area contributed by atoms with Crippen molar-refractivity contribution in [2.24, 2.45) is 0 Å². The number of carbonyl (C=O) groups is 1. The summed E-state index contributed by atoms with van der Waals surface area (Å²) in [6.45, 7) is 1.62. The Morgan fingerprint density at radius 3 is 2.95 bits per heavy atom. The Balaban J connectivity index is 1.50. The van der Waals surface area contributed by atoms with Gasteiger partial charge in [-0.3, -0.25) is 0 Å². The summed E-state index contributed by atoms with van der Waals surface area (Å²) in [4.78, 5) is 22.2. The fraction of sp³-hybridized carbons (Fsp3) is 0.500. The molecule has 1 aliphatic heterocycles. The SMILES string of the molecule is O=C(NC1CC1)N1CCC[C@H](c2nc3ccccc3[nH]2)C1. The summed E-state index contributed by atoms with van der Waals surface area (Å²) in [7, 11) is 0. The lowest BCUT2D eigenvalue weighted by atomic mass is 9.97. The standard InChI is InChI=1S/C16H20N4O/c21-16(17-12-7-8-12)20-9-3-4-11(10-20)15-18-13-5-1-2-6-14(13)19-15/h1-2,5-6,11-12H,3-4,7-10H2,(H,17,21)(H,18,19)/t11-/m0/s1. The molecule has 4 rings (SSSR count). The molecule has 1 saturated heterocycles. The summed E-state index contributed by atoms with van der Waals surface area (Å²) in [5, 5.41) is 3.08. The Morgan fingerprint density at radius 1 is 1.29 bits per heavy atom. The minimum atomic E-state index is 0.0957. The van der Waals surface area contributed by atoms with Gasteiger partial charge in [-0.1, -0.05) is 12.1 Å². The highest BCUT2D eigenvalue weighted by molar-refractivity contribution is 5.76. The van der Waals surface area contributed by atoms with Gasteiger partial charge >= 0.3 is 6.03 Å². The van der Waals surface area contributed by atoms with Crippen molar-refractivity contribution in [3.63, 3.8) is 0 Å². The molecule has 1 aromatic carbocycles. The van der Waals surface area contributed by atoms with Crippen LogP contribution in [0, 0.1) is 0 Å². The number of fused-ring (bicyclic) bond motifs is 1. The maximum absolute atomic E-state index is 12.2. The molecule has 2 fully saturated rings. The van der Waals surface area contributed by atoms with E-state index < -0.39 is 0 Å². The van der Waals surface area contributed by atoms with E-state index in [0.717, 1.165) is 55.6 Å². The van der Waals surface area contributed by atoms with E-state index in [4.69, 9.17) is 0 Å². The molecule has 2 N–H and O–H groups in total. The van der Waals surface area contributed by atoms with E-state index in [2.05, 4.69) is 15.3 Å². The average Bonchev–Trinajstić information content (AvgIpc) is 3.22. The number of hydrogen-bond donors (Lipinski definition) is 2. The van der Waals surface area contributed by atoms with Crippen molar-refractivity contribution in [3.8, 4) is 0 Å². The number of H-pyrrole nitrogens is 1. The van der Waals surface area contributed by atoms with Crippen LogP contribution >= 0.6 is 0 Å². The largest absolute Gasteiger partial charge is 0.342 e. The average molecular weight is 284 g/mol. The molecule has 1 aliphatic carbocycles. The van der Waals surface area contributed by atoms with Gasteiger partial charge in [0.15, 0.2) is 0 Å². The van der Waals surface area contributed by atoms with Gasteiger partial charge in [-0.25, -0.2) is 9.78 Å². The molecule has 2 aliphatic rings. The molecule has 0 spiro atoms. The Bertz CT molecular complexity index is 628. The zero-order chi connectivity index (χ0) is 14.2. The lowest BCUT2D eigenvalue weighted by Crippen LogP contribution is -2.45. The molecule has 110 valence electrons. The summed E-state index contributed by atoms with van der Waals surface area (Å²) < 4.78 is 0. The van der Waals surface area contributed by atoms with Crippen LogP contribution in [0.1, 0.15) is 37.4 Å². The number of hydrogen-bond acceptors (Lipinski definition) is 2. The third-order valence-electron chi connectivity index (χ3n) is 4.41. The molecule has 0 unspecified atom stereocenters. The number of likely N-dealkylation sites (tertiary alicyclic amines) is 1. The second-order valence-electron chi connectivity index (χ2n) is 6.15. The van der Waals surface area contributed by atoms with Gasteiger partial charge in [-0.2, -0.15) is 0 Å². The third-order valence-corrected chi connectivity index (χ3v) is 4.41. The van der Waals surface area contributed by atoms with E-state index >= 15 is 0 Å². The number of aromatic nitrogens is 2. The second kappa shape index (κ2) is 5.06. The number of amides is 2. The van der Waals surface area contributed by atoms with Gasteiger partial charge in [0, 0.05) is 25.0 Å². The zero-order valence-corrected chi connectivity index (χ0v) is 12.0. The topological polar surface area (TPSA) is 61.0 Å². The Hall–Kier alpha value is -2.04. The number of nitrogens with zero attached hydrogens (tertiary/aromatic N) is 2. The van der Waals surface area contributed by atoms with Gasteiger partial charge in [-0.15, -0.1) is 0 Å². The number of nitrogens with one attached hydrogen (secondary N) is 2. The second-order valence-corrected chi connectivity index (χ2v) is 6.15. The summed E-state index contributed by atoms with van der Waals surface area (Å²) >= 11 is 0. The molecule has 2 heterocycles. The van der Waals surface area contributed by atoms with Crippen molar-refractivity contribution < 1.29 is 4.79 Å². The van der Waals surface area contributed by atoms with Gasteiger partial charge in [0.2, 0.25) is 0 Å². The molecular formula is C16H20N4O. The molecule has 21 heavy (non-hydrogen) atoms. The first kappa shape index (κ1) is 12.7. The van der Waals surface area contributed by atoms with Gasteiger partial charge in [0.05, 0.1) is 11.0 Å². The Morgan fingerprint density at radius 2 is 2.14 bits per heavy atom. The van der Waals surface area contributed by atoms with Crippen LogP contribution in [0.3, 0.4) is 0 Å². The zero-order valence-electron chi connectivity index (χ0n) is 12.0. The van der Waals surface area contributed by atoms with Gasteiger partial charge < -0.3 is 15.2 Å². The van der Waals surface area contributed by atoms with Crippen molar-refractivity contribution in [2.45, 2.75) is 37.6 Å². The number of imidazole rings is 1. The Labute approximate surface area is 123 Å². The monoisotopic (exact) mass is 284 g/mol. The first-order valence-electron chi connectivity index (χ1n) is 7.80. The number of para-hydroxylation sites is 2. The van der Waals surface area contributed by atoms with Crippen LogP contribution in [0.2, 0.25) is 0 Å². The van der Waals surface area contributed by atoms with Crippen LogP contribution in [-0.4, -0.2) is 40.0 Å². The fourth-order valence-corrected chi connectivity index (χ4v) is 3.04. The van der Waals surface area contributed by atoms with Gasteiger partial charge in [0.1, 0.15) is 5.82 Å². The molecule has 2 aromatic rings. The highest BCUT2D eigenvalue weighted by atomic mass is 16.2. The van der Waals surface area contributed by atoms with Crippen molar-refractivity contribution in [1.82, 2.24) is 20.2 Å². The predicted molar refractivity (Wildman–Crippen MR) is 81.2 cm³/mol. The number of aromatic amines is 1. The number of benzene rings is 1. The first-order chi connectivity index (χ1) is 10.3. The summed E-state index contributed by atoms with van der Waals surface area (Å²) in [5.41, 5.74) is 2.08. The number of carbonyl (C=O) groups excluding carboxylic acids is 1. The molecule has 0 bridgehead atoms. The van der Waals surface area contributed by atoms with E-state index in [1.165, 1.54) is 0 Å². The molecule has 1 atom stereocenters. The Kier molecular flexibility index (Phi) is 3.05. The number of piperidine rings is 1. The molecule has 1 aromatic heterocycles. The predicted octanol–water partition coefficient (Wildman–Crippen LogP) is 2.61. The van der Waals surface area contributed by atoms with Crippen LogP contribution in [0.25, 0.3) is 11.0 Å². The maximum atomic E-state index is 12.2. The molecule has 5 heteroatoms. The van der Waals surface area contributed by atoms with E-state index in [9.17, 15) is 4.79 Å². The minimum Gasteiger partial charge on any atom is -0.342 e. The number of rotatable bonds is 2. The molecule has 2 amide bonds. The molecule has 0 radical (unpaired) electrons. The number of urea groups is 1. The fourth-order valence-electron chi connectivity index (χ4n) is 3.04. The van der Waals surface area contributed by atoms with Gasteiger partial charge in [0.25, 0.3) is 0 Å². The molecule has 1 saturated carbocycles. The van der Waals surface area contributed by atoms with E-state index in [1.807, 2.05) is 29.2 Å². The lowest BCUT2D eigenvalue weighted by molar-refractivity contribution is 0.178. The smallest absolute Gasteiger partial charge is 0.317 e. The van der Waals surface area contributed by atoms with Crippen LogP contribution < -0.4 is 5.32 Å². The lowest BCUT2D eigenvalue weighted by Gasteiger charge is -2.31. The summed E-state index contributed by atoms with van der Waals surface area (Å²) in [6.07, 6.45) is 4.39. The summed E-state index contributed by atoms with van der Waals surface area (Å²) in [5.74, 6) is 1.33. The maximum Gasteiger partial charge on any atom is 0.317 e. The summed E-state index contributed by atoms with van der Waals surface area (Å²) in [6, 6.07) is 8.61. The first-order valence-corrected chi connectivity index (χ1v) is 7.80. The van der Waals surface area contributed by atoms with Crippen molar-refractivity contribution in [1.29, 1.82) is 0 Å². The van der Waals surface area contributed by atoms with E-state index in [0.29, 0.717) is 12.0 Å². The van der Waals surface area contributed by atoms with Crippen LogP contribution in [0.4, 0.5) is 4.79 Å². The van der Waals surface area contributed by atoms with Crippen molar-refractivity contribution >= 4 is 17.1 Å². The normalized spacial score (nSPS) is 22.5. The highest BCUT2D eigenvalue weighted by Crippen LogP contribution is 2.27. The van der Waals surface area contributed by atoms with Crippen molar-refractivity contribution in [2.75, 3.05) is 13.1 Å².